The van der Waals surface area contributed by atoms with Crippen molar-refractivity contribution in [2.24, 2.45) is 0 Å². The molecule has 0 N–H and O–H groups in total. The second-order valence-electron chi connectivity index (χ2n) is 17.6. The molecule has 0 fully saturated rings. The van der Waals surface area contributed by atoms with Gasteiger partial charge in [-0.1, -0.05) is 132 Å². The first-order valence-corrected chi connectivity index (χ1v) is 21.2. The van der Waals surface area contributed by atoms with E-state index in [1.807, 2.05) is 6.07 Å². The van der Waals surface area contributed by atoms with Crippen LogP contribution in [-0.4, -0.2) is 4.57 Å². The maximum absolute atomic E-state index is 8.10. The fourth-order valence-electron chi connectivity index (χ4n) is 8.97. The van der Waals surface area contributed by atoms with Crippen LogP contribution in [0, 0.1) is 0 Å². The molecule has 0 spiro atoms. The van der Waals surface area contributed by atoms with Crippen LogP contribution >= 0.6 is 22.9 Å². The number of rotatable bonds is 4. The Bertz CT molecular complexity index is 3300. The van der Waals surface area contributed by atoms with Crippen molar-refractivity contribution in [2.75, 3.05) is 9.80 Å². The van der Waals surface area contributed by atoms with E-state index in [0.717, 1.165) is 61.8 Å². The van der Waals surface area contributed by atoms with Crippen LogP contribution in [0.4, 0.5) is 34.1 Å². The van der Waals surface area contributed by atoms with Gasteiger partial charge in [0.25, 0.3) is 0 Å². The molecule has 0 atom stereocenters. The average molecular weight is 792 g/mol. The predicted molar refractivity (Wildman–Crippen MR) is 249 cm³/mol. The van der Waals surface area contributed by atoms with E-state index < -0.39 is 0 Å². The molecule has 10 aromatic rings. The van der Waals surface area contributed by atoms with Crippen LogP contribution in [0.15, 0.2) is 149 Å². The largest absolute Gasteiger partial charge is 0.454 e. The van der Waals surface area contributed by atoms with Crippen molar-refractivity contribution in [2.45, 2.75) is 52.4 Å². The van der Waals surface area contributed by atoms with Gasteiger partial charge in [-0.05, 0) is 82.6 Å². The Balaban J connectivity index is 1.25. The highest BCUT2D eigenvalue weighted by atomic mass is 35.5. The lowest BCUT2D eigenvalue weighted by molar-refractivity contribution is 0.590. The van der Waals surface area contributed by atoms with Crippen LogP contribution in [-0.2, 0) is 10.8 Å². The van der Waals surface area contributed by atoms with Gasteiger partial charge in [-0.3, -0.25) is 0 Å². The maximum Gasteiger partial charge on any atom is 0.159 e. The lowest BCUT2D eigenvalue weighted by Gasteiger charge is -2.36. The van der Waals surface area contributed by atoms with Gasteiger partial charge in [0.05, 0.1) is 55.9 Å². The van der Waals surface area contributed by atoms with E-state index in [-0.39, 0.29) is 10.8 Å². The minimum atomic E-state index is -0.211. The quantitative estimate of drug-likeness (QED) is 0.177. The summed E-state index contributed by atoms with van der Waals surface area (Å²) in [5.41, 5.74) is 13.4. The Morgan fingerprint density at radius 2 is 1.21 bits per heavy atom. The molecule has 3 aromatic heterocycles. The molecule has 0 bridgehead atoms. The normalized spacial score (nSPS) is 13.1. The molecular formula is C52H42ClN3OS. The SMILES string of the molecule is CC(C)(C)c1cc(N(c2csc3ccc(C(C)(C)C)cc23)c2cccc3c2oc2ccccc23)c(Cl)c(N2c3ccccc3-n3c4ccccc4c4cccc2c43)c1. The number of anilines is 6. The number of thiophene rings is 1. The van der Waals surface area contributed by atoms with Crippen molar-refractivity contribution >= 4 is 111 Å². The predicted octanol–water partition coefficient (Wildman–Crippen LogP) is 16.4. The van der Waals surface area contributed by atoms with Crippen LogP contribution in [0.5, 0.6) is 0 Å². The van der Waals surface area contributed by atoms with Gasteiger partial charge in [0.15, 0.2) is 5.58 Å². The number of furan rings is 1. The first-order chi connectivity index (χ1) is 28.0. The summed E-state index contributed by atoms with van der Waals surface area (Å²) in [6.45, 7) is 13.7. The zero-order chi connectivity index (χ0) is 39.7. The topological polar surface area (TPSA) is 24.6 Å². The number of halogens is 1. The summed E-state index contributed by atoms with van der Waals surface area (Å²) in [6, 6.07) is 50.4. The number of benzene rings is 7. The molecule has 58 heavy (non-hydrogen) atoms. The molecule has 4 nitrogen and oxygen atoms in total. The third kappa shape index (κ3) is 5.13. The molecule has 7 aromatic carbocycles. The van der Waals surface area contributed by atoms with Gasteiger partial charge in [0, 0.05) is 37.0 Å². The number of para-hydroxylation sites is 6. The minimum Gasteiger partial charge on any atom is -0.454 e. The van der Waals surface area contributed by atoms with Crippen molar-refractivity contribution in [3.8, 4) is 5.69 Å². The Morgan fingerprint density at radius 1 is 0.534 bits per heavy atom. The molecule has 284 valence electrons. The van der Waals surface area contributed by atoms with E-state index in [9.17, 15) is 0 Å². The maximum atomic E-state index is 8.10. The smallest absolute Gasteiger partial charge is 0.159 e. The second-order valence-corrected chi connectivity index (χ2v) is 18.9. The third-order valence-corrected chi connectivity index (χ3v) is 13.3. The summed E-state index contributed by atoms with van der Waals surface area (Å²) >= 11 is 9.86. The number of aromatic nitrogens is 1. The first-order valence-electron chi connectivity index (χ1n) is 20.0. The number of fused-ring (bicyclic) bond motifs is 9. The lowest BCUT2D eigenvalue weighted by atomic mass is 9.85. The van der Waals surface area contributed by atoms with E-state index in [4.69, 9.17) is 16.0 Å². The molecule has 0 aliphatic carbocycles. The van der Waals surface area contributed by atoms with Gasteiger partial charge in [-0.15, -0.1) is 11.3 Å². The molecular weight excluding hydrogens is 750 g/mol. The second kappa shape index (κ2) is 12.5. The number of nitrogens with zero attached hydrogens (tertiary/aromatic N) is 3. The summed E-state index contributed by atoms with van der Waals surface area (Å²) in [7, 11) is 0. The molecule has 1 aliphatic rings. The van der Waals surface area contributed by atoms with Crippen molar-refractivity contribution in [1.82, 2.24) is 4.57 Å². The zero-order valence-corrected chi connectivity index (χ0v) is 35.0. The summed E-state index contributed by atoms with van der Waals surface area (Å²) in [5.74, 6) is 0. The fraction of sp³-hybridized carbons (Fsp3) is 0.154. The fourth-order valence-corrected chi connectivity index (χ4v) is 10.2. The third-order valence-electron chi connectivity index (χ3n) is 11.9. The van der Waals surface area contributed by atoms with E-state index in [1.54, 1.807) is 11.3 Å². The highest BCUT2D eigenvalue weighted by molar-refractivity contribution is 7.17. The van der Waals surface area contributed by atoms with Crippen LogP contribution in [0.25, 0.3) is 59.5 Å². The van der Waals surface area contributed by atoms with Gasteiger partial charge >= 0.3 is 0 Å². The van der Waals surface area contributed by atoms with Crippen LogP contribution in [0.2, 0.25) is 5.02 Å². The average Bonchev–Trinajstić information content (AvgIpc) is 3.91. The molecule has 6 heteroatoms. The van der Waals surface area contributed by atoms with Crippen molar-refractivity contribution in [3.63, 3.8) is 0 Å². The zero-order valence-electron chi connectivity index (χ0n) is 33.4. The Morgan fingerprint density at radius 3 is 2.02 bits per heavy atom. The van der Waals surface area contributed by atoms with Crippen molar-refractivity contribution in [3.05, 3.63) is 161 Å². The lowest BCUT2D eigenvalue weighted by Crippen LogP contribution is -2.21. The highest BCUT2D eigenvalue weighted by Crippen LogP contribution is 2.56. The Kier molecular flexibility index (Phi) is 7.58. The summed E-state index contributed by atoms with van der Waals surface area (Å²) in [6.07, 6.45) is 0. The van der Waals surface area contributed by atoms with Crippen LogP contribution in [0.3, 0.4) is 0 Å². The number of hydrogen-bond acceptors (Lipinski definition) is 4. The van der Waals surface area contributed by atoms with Crippen molar-refractivity contribution in [1.29, 1.82) is 0 Å². The Labute approximate surface area is 347 Å². The molecule has 11 rings (SSSR count). The molecule has 0 saturated carbocycles. The van der Waals surface area contributed by atoms with Crippen LogP contribution in [0.1, 0.15) is 52.7 Å². The molecule has 0 unspecified atom stereocenters. The van der Waals surface area contributed by atoms with Crippen molar-refractivity contribution < 1.29 is 4.42 Å². The van der Waals surface area contributed by atoms with E-state index in [0.29, 0.717) is 5.02 Å². The molecule has 1 aliphatic heterocycles. The standard InChI is InChI=1S/C52H42ClN3OS/c1-51(2,3)31-25-26-47-37(27-31)45(30-58-47)55(42-23-14-18-36-34-16-8-12-24-46(34)57-50(36)42)44-29-32(52(4,5)6)28-43(48(44)53)54-39-20-10-11-21-40(39)56-38-19-9-7-15-33(38)35-17-13-22-41(54)49(35)56/h7-30H,1-6H3. The first kappa shape index (κ1) is 35.2. The summed E-state index contributed by atoms with van der Waals surface area (Å²) < 4.78 is 10.5. The minimum absolute atomic E-state index is 0.0287. The number of hydrogen-bond donors (Lipinski definition) is 0. The van der Waals surface area contributed by atoms with E-state index in [1.165, 1.54) is 43.0 Å². The Hall–Kier alpha value is -6.01. The monoisotopic (exact) mass is 791 g/mol. The van der Waals surface area contributed by atoms with Gasteiger partial charge in [-0.2, -0.15) is 0 Å². The van der Waals surface area contributed by atoms with Gasteiger partial charge in [0.2, 0.25) is 0 Å². The summed E-state index contributed by atoms with van der Waals surface area (Å²) in [5, 5.41) is 8.73. The van der Waals surface area contributed by atoms with E-state index >= 15 is 0 Å². The van der Waals surface area contributed by atoms with Gasteiger partial charge in [0.1, 0.15) is 5.58 Å². The molecule has 0 amide bonds. The van der Waals surface area contributed by atoms with Gasteiger partial charge in [-0.25, -0.2) is 0 Å². The summed E-state index contributed by atoms with van der Waals surface area (Å²) in [4.78, 5) is 4.76. The molecule has 0 radical (unpaired) electrons. The molecule has 4 heterocycles. The van der Waals surface area contributed by atoms with Gasteiger partial charge < -0.3 is 18.8 Å². The van der Waals surface area contributed by atoms with Crippen LogP contribution < -0.4 is 9.80 Å². The van der Waals surface area contributed by atoms with E-state index in [2.05, 4.69) is 195 Å². The molecule has 0 saturated heterocycles. The highest BCUT2D eigenvalue weighted by Gasteiger charge is 2.33.